The Hall–Kier alpha value is -2.37. The van der Waals surface area contributed by atoms with Crippen LogP contribution in [0.2, 0.25) is 0 Å². The quantitative estimate of drug-likeness (QED) is 0.383. The van der Waals surface area contributed by atoms with Gasteiger partial charge in [-0.1, -0.05) is 11.2 Å². The highest BCUT2D eigenvalue weighted by atomic mass is 19.1. The SMILES string of the molecule is Cc1cc(C)n(Cc2ccc(F)cc2C(N)=NO)n1. The smallest absolute Gasteiger partial charge is 0.170 e. The molecule has 0 atom stereocenters. The first-order chi connectivity index (χ1) is 9.01. The third kappa shape index (κ3) is 2.73. The van der Waals surface area contributed by atoms with Crippen LogP contribution in [-0.4, -0.2) is 20.8 Å². The first kappa shape index (κ1) is 13.1. The second kappa shape index (κ2) is 5.09. The summed E-state index contributed by atoms with van der Waals surface area (Å²) >= 11 is 0. The molecule has 0 spiro atoms. The van der Waals surface area contributed by atoms with E-state index in [4.69, 9.17) is 10.9 Å². The second-order valence-corrected chi connectivity index (χ2v) is 4.37. The first-order valence-electron chi connectivity index (χ1n) is 5.78. The summed E-state index contributed by atoms with van der Waals surface area (Å²) < 4.78 is 15.0. The van der Waals surface area contributed by atoms with Gasteiger partial charge in [-0.05, 0) is 37.6 Å². The number of benzene rings is 1. The molecular formula is C13H15FN4O. The van der Waals surface area contributed by atoms with Crippen LogP contribution in [0.5, 0.6) is 0 Å². The van der Waals surface area contributed by atoms with E-state index < -0.39 is 5.82 Å². The number of aromatic nitrogens is 2. The summed E-state index contributed by atoms with van der Waals surface area (Å²) in [6.07, 6.45) is 0. The molecule has 0 aliphatic carbocycles. The van der Waals surface area contributed by atoms with E-state index in [-0.39, 0.29) is 5.84 Å². The Morgan fingerprint density at radius 1 is 1.42 bits per heavy atom. The second-order valence-electron chi connectivity index (χ2n) is 4.37. The molecule has 1 heterocycles. The Balaban J connectivity index is 2.42. The lowest BCUT2D eigenvalue weighted by molar-refractivity contribution is 0.318. The molecule has 6 heteroatoms. The number of hydrogen-bond acceptors (Lipinski definition) is 3. The van der Waals surface area contributed by atoms with Gasteiger partial charge in [-0.2, -0.15) is 5.10 Å². The zero-order valence-corrected chi connectivity index (χ0v) is 10.8. The summed E-state index contributed by atoms with van der Waals surface area (Å²) in [7, 11) is 0. The van der Waals surface area contributed by atoms with E-state index in [1.165, 1.54) is 12.1 Å². The van der Waals surface area contributed by atoms with E-state index in [0.717, 1.165) is 17.0 Å². The summed E-state index contributed by atoms with van der Waals surface area (Å²) in [5.41, 5.74) is 8.57. The molecule has 100 valence electrons. The minimum atomic E-state index is -0.432. The van der Waals surface area contributed by atoms with Crippen LogP contribution in [0.1, 0.15) is 22.5 Å². The number of amidine groups is 1. The van der Waals surface area contributed by atoms with Crippen molar-refractivity contribution in [1.29, 1.82) is 0 Å². The van der Waals surface area contributed by atoms with Crippen LogP contribution in [0.4, 0.5) is 4.39 Å². The number of halogens is 1. The van der Waals surface area contributed by atoms with Crippen molar-refractivity contribution in [2.75, 3.05) is 0 Å². The van der Waals surface area contributed by atoms with Crippen molar-refractivity contribution in [3.63, 3.8) is 0 Å². The van der Waals surface area contributed by atoms with Gasteiger partial charge in [0.25, 0.3) is 0 Å². The molecule has 0 unspecified atom stereocenters. The van der Waals surface area contributed by atoms with Crippen LogP contribution in [0, 0.1) is 19.7 Å². The van der Waals surface area contributed by atoms with Crippen molar-refractivity contribution in [1.82, 2.24) is 9.78 Å². The topological polar surface area (TPSA) is 76.4 Å². The first-order valence-corrected chi connectivity index (χ1v) is 5.78. The number of hydrogen-bond donors (Lipinski definition) is 2. The van der Waals surface area contributed by atoms with Crippen LogP contribution >= 0.6 is 0 Å². The summed E-state index contributed by atoms with van der Waals surface area (Å²) in [6, 6.07) is 6.15. The molecule has 19 heavy (non-hydrogen) atoms. The lowest BCUT2D eigenvalue weighted by atomic mass is 10.1. The van der Waals surface area contributed by atoms with Gasteiger partial charge in [-0.15, -0.1) is 0 Å². The number of oxime groups is 1. The minimum Gasteiger partial charge on any atom is -0.409 e. The maximum absolute atomic E-state index is 13.3. The average Bonchev–Trinajstić information content (AvgIpc) is 2.69. The lowest BCUT2D eigenvalue weighted by Gasteiger charge is -2.10. The van der Waals surface area contributed by atoms with E-state index >= 15 is 0 Å². The van der Waals surface area contributed by atoms with Gasteiger partial charge in [-0.25, -0.2) is 4.39 Å². The molecule has 2 aromatic rings. The average molecular weight is 262 g/mol. The van der Waals surface area contributed by atoms with E-state index in [9.17, 15) is 4.39 Å². The normalized spacial score (nSPS) is 11.8. The van der Waals surface area contributed by atoms with Crippen molar-refractivity contribution in [2.24, 2.45) is 10.9 Å². The molecule has 1 aromatic heterocycles. The van der Waals surface area contributed by atoms with Gasteiger partial charge in [-0.3, -0.25) is 4.68 Å². The van der Waals surface area contributed by atoms with Gasteiger partial charge in [0.05, 0.1) is 12.2 Å². The fourth-order valence-electron chi connectivity index (χ4n) is 1.98. The Kier molecular flexibility index (Phi) is 3.50. The number of rotatable bonds is 3. The summed E-state index contributed by atoms with van der Waals surface area (Å²) in [5.74, 6) is -0.547. The third-order valence-electron chi connectivity index (χ3n) is 2.88. The van der Waals surface area contributed by atoms with E-state index in [1.807, 2.05) is 19.9 Å². The molecule has 0 amide bonds. The van der Waals surface area contributed by atoms with E-state index in [0.29, 0.717) is 12.1 Å². The molecule has 0 radical (unpaired) electrons. The van der Waals surface area contributed by atoms with Gasteiger partial charge >= 0.3 is 0 Å². The highest BCUT2D eigenvalue weighted by Crippen LogP contribution is 2.14. The van der Waals surface area contributed by atoms with E-state index in [1.54, 1.807) is 10.7 Å². The molecule has 0 saturated heterocycles. The third-order valence-corrected chi connectivity index (χ3v) is 2.88. The van der Waals surface area contributed by atoms with Gasteiger partial charge in [0.2, 0.25) is 0 Å². The molecule has 1 aromatic carbocycles. The van der Waals surface area contributed by atoms with Crippen LogP contribution < -0.4 is 5.73 Å². The van der Waals surface area contributed by atoms with Gasteiger partial charge in [0.1, 0.15) is 5.82 Å². The zero-order chi connectivity index (χ0) is 14.0. The number of nitrogens with zero attached hydrogens (tertiary/aromatic N) is 3. The van der Waals surface area contributed by atoms with Crippen molar-refractivity contribution in [3.05, 3.63) is 52.6 Å². The highest BCUT2D eigenvalue weighted by molar-refractivity contribution is 5.98. The van der Waals surface area contributed by atoms with Crippen LogP contribution in [0.15, 0.2) is 29.4 Å². The highest BCUT2D eigenvalue weighted by Gasteiger charge is 2.11. The summed E-state index contributed by atoms with van der Waals surface area (Å²) in [4.78, 5) is 0. The Morgan fingerprint density at radius 3 is 2.74 bits per heavy atom. The van der Waals surface area contributed by atoms with Crippen LogP contribution in [0.3, 0.4) is 0 Å². The van der Waals surface area contributed by atoms with Gasteiger partial charge in [0.15, 0.2) is 5.84 Å². The number of aryl methyl sites for hydroxylation is 2. The Morgan fingerprint density at radius 2 is 2.16 bits per heavy atom. The van der Waals surface area contributed by atoms with Gasteiger partial charge < -0.3 is 10.9 Å². The molecule has 0 aliphatic heterocycles. The zero-order valence-electron chi connectivity index (χ0n) is 10.8. The predicted molar refractivity (Wildman–Crippen MR) is 69.7 cm³/mol. The van der Waals surface area contributed by atoms with Crippen molar-refractivity contribution in [3.8, 4) is 0 Å². The monoisotopic (exact) mass is 262 g/mol. The van der Waals surface area contributed by atoms with Crippen molar-refractivity contribution < 1.29 is 9.60 Å². The maximum Gasteiger partial charge on any atom is 0.170 e. The van der Waals surface area contributed by atoms with Crippen LogP contribution in [0.25, 0.3) is 0 Å². The fraction of sp³-hybridized carbons (Fsp3) is 0.231. The Labute approximate surface area is 110 Å². The van der Waals surface area contributed by atoms with Crippen molar-refractivity contribution >= 4 is 5.84 Å². The standard InChI is InChI=1S/C13H15FN4O/c1-8-5-9(2)18(16-8)7-10-3-4-11(14)6-12(10)13(15)17-19/h3-6,19H,7H2,1-2H3,(H2,15,17). The largest absolute Gasteiger partial charge is 0.409 e. The molecule has 0 saturated carbocycles. The molecule has 2 rings (SSSR count). The molecule has 0 fully saturated rings. The maximum atomic E-state index is 13.3. The van der Waals surface area contributed by atoms with Crippen molar-refractivity contribution in [2.45, 2.75) is 20.4 Å². The molecule has 0 aliphatic rings. The molecular weight excluding hydrogens is 247 g/mol. The summed E-state index contributed by atoms with van der Waals surface area (Å²) in [5, 5.41) is 16.0. The predicted octanol–water partition coefficient (Wildman–Crippen LogP) is 1.78. The minimum absolute atomic E-state index is 0.115. The molecule has 5 nitrogen and oxygen atoms in total. The fourth-order valence-corrected chi connectivity index (χ4v) is 1.98. The number of nitrogens with two attached hydrogens (primary N) is 1. The molecule has 0 bridgehead atoms. The Bertz CT molecular complexity index is 634. The van der Waals surface area contributed by atoms with Crippen LogP contribution in [-0.2, 0) is 6.54 Å². The van der Waals surface area contributed by atoms with Gasteiger partial charge in [0, 0.05) is 11.3 Å². The molecule has 3 N–H and O–H groups in total. The summed E-state index contributed by atoms with van der Waals surface area (Å²) in [6.45, 7) is 4.27. The lowest BCUT2D eigenvalue weighted by Crippen LogP contribution is -2.17. The van der Waals surface area contributed by atoms with E-state index in [2.05, 4.69) is 10.3 Å².